The van der Waals surface area contributed by atoms with Crippen molar-refractivity contribution in [2.45, 2.75) is 154 Å². The summed E-state index contributed by atoms with van der Waals surface area (Å²) in [6, 6.07) is 0. The van der Waals surface area contributed by atoms with E-state index in [1.807, 2.05) is 0 Å². The van der Waals surface area contributed by atoms with Crippen molar-refractivity contribution in [1.29, 1.82) is 0 Å². The predicted octanol–water partition coefficient (Wildman–Crippen LogP) is 6.33. The molecule has 1 saturated heterocycles. The molecule has 25 nitrogen and oxygen atoms in total. The number of nitrogens with two attached hydrogens (primary N) is 1. The number of thioether (sulfide) groups is 1. The van der Waals surface area contributed by atoms with Gasteiger partial charge in [-0.1, -0.05) is 113 Å². The zero-order chi connectivity index (χ0) is 56.2. The number of hydrogen-bond donors (Lipinski definition) is 9. The highest BCUT2D eigenvalue weighted by Crippen LogP contribution is 2.61. The van der Waals surface area contributed by atoms with E-state index in [1.54, 1.807) is 0 Å². The number of carbonyl (C=O) groups is 4. The molecule has 2 aromatic rings. The van der Waals surface area contributed by atoms with Gasteiger partial charge in [-0.2, -0.15) is 4.31 Å². The number of carbonyl (C=O) groups excluding carboxylic acids is 4. The highest BCUT2D eigenvalue weighted by Gasteiger charge is 2.50. The van der Waals surface area contributed by atoms with Gasteiger partial charge in [0, 0.05) is 37.1 Å². The molecule has 2 unspecified atom stereocenters. The van der Waals surface area contributed by atoms with Crippen molar-refractivity contribution in [3.8, 4) is 0 Å². The van der Waals surface area contributed by atoms with Crippen molar-refractivity contribution in [2.24, 2.45) is 5.41 Å². The Morgan fingerprint density at radius 3 is 2.08 bits per heavy atom. The van der Waals surface area contributed by atoms with E-state index in [0.717, 1.165) is 86.8 Å². The number of nitrogen functional groups attached to an aromatic ring is 1. The standard InChI is InChI=1S/C47H76N7O18P3S/c1-4-5-6-7-8-9-10-11-12-13-14-15-16-17-18-19-20-21-22-23-24-25-35(55)30-38(57)76-29-28-49-37(56)26-27-50-45(60)42(59)47(2,3)32-69-75(66,67)72-74(64,65)68-31-36-41(71-73(61,62)63)40(58)46(70-36)54-34-53-39-43(48)51-33-52-44(39)54/h8-9,11-12,14-15,17-18,33-34,36,40-42,46,58-59H,4-7,10,13,16,19-32H2,1-3H3,(H,49,56)(H,50,60)(H,64,65)(H,66,67)(H2,48,51,52)(H2,61,62,63)/b9-8-,12-11-,15-14-,18-17-/t36-,40-,41-,42+,46-/m1/s1. The van der Waals surface area contributed by atoms with E-state index in [4.69, 9.17) is 19.5 Å². The zero-order valence-electron chi connectivity index (χ0n) is 43.2. The summed E-state index contributed by atoms with van der Waals surface area (Å²) in [5, 5.41) is 26.2. The van der Waals surface area contributed by atoms with Crippen LogP contribution in [0.3, 0.4) is 0 Å². The zero-order valence-corrected chi connectivity index (χ0v) is 46.7. The van der Waals surface area contributed by atoms with Gasteiger partial charge >= 0.3 is 23.5 Å². The van der Waals surface area contributed by atoms with Crippen LogP contribution in [0, 0.1) is 5.41 Å². The number of imidazole rings is 1. The Bertz CT molecular complexity index is 2420. The topological polar surface area (TPSA) is 381 Å². The molecule has 10 N–H and O–H groups in total. The molecule has 1 aliphatic heterocycles. The number of Topliss-reactive ketones (excluding diaryl/α,β-unsaturated/α-hetero) is 1. The monoisotopic (exact) mass is 1150 g/mol. The molecule has 1 aliphatic rings. The molecule has 7 atom stereocenters. The van der Waals surface area contributed by atoms with Crippen LogP contribution >= 0.6 is 35.2 Å². The molecule has 2 amide bonds. The second kappa shape index (κ2) is 34.3. The number of aromatic nitrogens is 4. The number of rotatable bonds is 39. The van der Waals surface area contributed by atoms with Crippen LogP contribution in [0.1, 0.15) is 130 Å². The van der Waals surface area contributed by atoms with Crippen molar-refractivity contribution in [3.63, 3.8) is 0 Å². The average molecular weight is 1150 g/mol. The van der Waals surface area contributed by atoms with E-state index in [2.05, 4.69) is 90.0 Å². The lowest BCUT2D eigenvalue weighted by Gasteiger charge is -2.30. The summed E-state index contributed by atoms with van der Waals surface area (Å²) in [6.07, 6.45) is 24.4. The summed E-state index contributed by atoms with van der Waals surface area (Å²) in [7, 11) is -16.5. The highest BCUT2D eigenvalue weighted by molar-refractivity contribution is 8.13. The molecule has 29 heteroatoms. The molecule has 1 fully saturated rings. The van der Waals surface area contributed by atoms with Crippen LogP contribution in [0.2, 0.25) is 0 Å². The molecule has 3 heterocycles. The van der Waals surface area contributed by atoms with Crippen LogP contribution in [-0.4, -0.2) is 128 Å². The van der Waals surface area contributed by atoms with E-state index >= 15 is 0 Å². The Balaban J connectivity index is 1.24. The number of phosphoric ester groups is 3. The number of unbranched alkanes of at least 4 members (excludes halogenated alkanes) is 8. The van der Waals surface area contributed by atoms with Crippen molar-refractivity contribution >= 4 is 74.9 Å². The van der Waals surface area contributed by atoms with Gasteiger partial charge in [0.2, 0.25) is 11.8 Å². The Morgan fingerprint density at radius 1 is 0.829 bits per heavy atom. The fraction of sp³-hybridized carbons (Fsp3) is 0.638. The van der Waals surface area contributed by atoms with Crippen LogP contribution in [0.4, 0.5) is 5.82 Å². The third kappa shape index (κ3) is 26.2. The minimum Gasteiger partial charge on any atom is -0.386 e. The number of ether oxygens (including phenoxy) is 1. The first kappa shape index (κ1) is 66.5. The van der Waals surface area contributed by atoms with E-state index < -0.39 is 84.6 Å². The quantitative estimate of drug-likeness (QED) is 0.0153. The SMILES string of the molecule is CCCCC/C=C\C/C=C\C/C=C\C/C=C\CCCCCCCC(=O)CC(=O)SCCNC(=O)CCNC(=O)[C@H](O)C(C)(C)COP(=O)(O)OP(=O)(O)OC[C@H]1O[C@@H](n2cnc3c(N)ncnc32)[C@H](O)[C@@H]1OP(=O)(O)O. The lowest BCUT2D eigenvalue weighted by Crippen LogP contribution is -2.46. The van der Waals surface area contributed by atoms with E-state index in [-0.39, 0.29) is 59.6 Å². The summed E-state index contributed by atoms with van der Waals surface area (Å²) >= 11 is 0.930. The van der Waals surface area contributed by atoms with Gasteiger partial charge < -0.3 is 50.9 Å². The highest BCUT2D eigenvalue weighted by atomic mass is 32.2. The number of fused-ring (bicyclic) bond motifs is 1. The van der Waals surface area contributed by atoms with Crippen molar-refractivity contribution in [3.05, 3.63) is 61.3 Å². The van der Waals surface area contributed by atoms with Gasteiger partial charge in [-0.25, -0.2) is 28.6 Å². The van der Waals surface area contributed by atoms with Crippen LogP contribution in [0.15, 0.2) is 61.3 Å². The van der Waals surface area contributed by atoms with Gasteiger partial charge in [0.05, 0.1) is 26.0 Å². The molecular formula is C47H76N7O18P3S. The molecule has 0 saturated carbocycles. The third-order valence-corrected chi connectivity index (χ3v) is 15.4. The number of allylic oxidation sites excluding steroid dienone is 8. The van der Waals surface area contributed by atoms with Crippen molar-refractivity contribution in [2.75, 3.05) is 37.8 Å². The first-order valence-electron chi connectivity index (χ1n) is 25.1. The molecule has 0 aromatic carbocycles. The molecule has 2 aromatic heterocycles. The second-order valence-electron chi connectivity index (χ2n) is 18.4. The van der Waals surface area contributed by atoms with Gasteiger partial charge in [0.1, 0.15) is 42.0 Å². The van der Waals surface area contributed by atoms with Gasteiger partial charge in [-0.05, 0) is 51.4 Å². The van der Waals surface area contributed by atoms with E-state index in [1.165, 1.54) is 39.5 Å². The first-order valence-corrected chi connectivity index (χ1v) is 30.6. The number of anilines is 1. The Hall–Kier alpha value is -3.81. The Kier molecular flexibility index (Phi) is 30.0. The van der Waals surface area contributed by atoms with Crippen LogP contribution in [0.25, 0.3) is 11.2 Å². The maximum atomic E-state index is 12.8. The number of aliphatic hydroxyl groups is 2. The van der Waals surface area contributed by atoms with Crippen molar-refractivity contribution in [1.82, 2.24) is 30.2 Å². The molecule has 3 rings (SSSR count). The van der Waals surface area contributed by atoms with Gasteiger partial charge in [-0.3, -0.25) is 37.3 Å². The number of hydrogen-bond acceptors (Lipinski definition) is 19. The van der Waals surface area contributed by atoms with Crippen LogP contribution < -0.4 is 16.4 Å². The molecule has 0 radical (unpaired) electrons. The summed E-state index contributed by atoms with van der Waals surface area (Å²) in [4.78, 5) is 101. The first-order chi connectivity index (χ1) is 35.9. The van der Waals surface area contributed by atoms with Gasteiger partial charge in [0.15, 0.2) is 22.8 Å². The van der Waals surface area contributed by atoms with E-state index in [9.17, 15) is 62.7 Å². The minimum atomic E-state index is -5.60. The average Bonchev–Trinajstić information content (AvgIpc) is 3.91. The molecule has 0 spiro atoms. The summed E-state index contributed by atoms with van der Waals surface area (Å²) in [5.74, 6) is -1.44. The van der Waals surface area contributed by atoms with Crippen LogP contribution in [-0.2, 0) is 55.5 Å². The number of nitrogens with one attached hydrogen (secondary N) is 2. The number of nitrogens with zero attached hydrogens (tertiary/aromatic N) is 4. The molecule has 76 heavy (non-hydrogen) atoms. The second-order valence-corrected chi connectivity index (χ2v) is 23.8. The van der Waals surface area contributed by atoms with Crippen LogP contribution in [0.5, 0.6) is 0 Å². The largest absolute Gasteiger partial charge is 0.481 e. The Labute approximate surface area is 447 Å². The summed E-state index contributed by atoms with van der Waals surface area (Å²) in [5.41, 5.74) is 4.24. The maximum absolute atomic E-state index is 12.8. The maximum Gasteiger partial charge on any atom is 0.481 e. The molecule has 0 bridgehead atoms. The predicted molar refractivity (Wildman–Crippen MR) is 284 cm³/mol. The van der Waals surface area contributed by atoms with Gasteiger partial charge in [0.25, 0.3) is 0 Å². The molecule has 428 valence electrons. The summed E-state index contributed by atoms with van der Waals surface area (Å²) in [6.45, 7) is 2.53. The van der Waals surface area contributed by atoms with Gasteiger partial charge in [-0.15, -0.1) is 0 Å². The smallest absolute Gasteiger partial charge is 0.386 e. The van der Waals surface area contributed by atoms with E-state index in [0.29, 0.717) is 6.42 Å². The lowest BCUT2D eigenvalue weighted by molar-refractivity contribution is -0.137. The molecular weight excluding hydrogens is 1080 g/mol. The molecule has 0 aliphatic carbocycles. The lowest BCUT2D eigenvalue weighted by atomic mass is 9.87. The fourth-order valence-electron chi connectivity index (χ4n) is 7.27. The number of amides is 2. The number of ketones is 1. The normalized spacial score (nSPS) is 19.5. The third-order valence-electron chi connectivity index (χ3n) is 11.4. The Morgan fingerprint density at radius 2 is 1.43 bits per heavy atom. The number of phosphoric acid groups is 3. The van der Waals surface area contributed by atoms with Crippen molar-refractivity contribution < 1.29 is 85.3 Å². The fourth-order valence-corrected chi connectivity index (χ4v) is 10.8. The number of aliphatic hydroxyl groups excluding tert-OH is 2. The summed E-state index contributed by atoms with van der Waals surface area (Å²) < 4.78 is 62.5. The minimum absolute atomic E-state index is 0.0245.